The van der Waals surface area contributed by atoms with Gasteiger partial charge in [0.2, 0.25) is 0 Å². The Morgan fingerprint density at radius 3 is 2.67 bits per heavy atom. The van der Waals surface area contributed by atoms with Gasteiger partial charge in [-0.1, -0.05) is 29.6 Å². The average molecular weight is 408 g/mol. The van der Waals surface area contributed by atoms with Gasteiger partial charge in [0.25, 0.3) is 0 Å². The number of anilines is 1. The summed E-state index contributed by atoms with van der Waals surface area (Å²) in [6.45, 7) is 1.58. The third-order valence-electron chi connectivity index (χ3n) is 6.13. The summed E-state index contributed by atoms with van der Waals surface area (Å²) in [6.07, 6.45) is 8.96. The van der Waals surface area contributed by atoms with Crippen molar-refractivity contribution in [3.8, 4) is 11.3 Å². The second-order valence-corrected chi connectivity index (χ2v) is 8.23. The topological polar surface area (TPSA) is 88.2 Å². The largest absolute Gasteiger partial charge is 0.390 e. The number of aromatic nitrogens is 3. The van der Waals surface area contributed by atoms with E-state index >= 15 is 0 Å². The van der Waals surface area contributed by atoms with Crippen molar-refractivity contribution in [2.24, 2.45) is 11.1 Å². The number of aliphatic hydroxyl groups is 1. The number of rotatable bonds is 3. The zero-order valence-electron chi connectivity index (χ0n) is 15.0. The van der Waals surface area contributed by atoms with Gasteiger partial charge in [0.05, 0.1) is 23.5 Å². The van der Waals surface area contributed by atoms with Crippen LogP contribution in [0.25, 0.3) is 11.3 Å². The molecule has 2 aromatic rings. The highest BCUT2D eigenvalue weighted by Gasteiger charge is 2.43. The Kier molecular flexibility index (Phi) is 5.25. The molecule has 0 aromatic carbocycles. The zero-order chi connectivity index (χ0) is 19.0. The van der Waals surface area contributed by atoms with E-state index in [0.717, 1.165) is 38.2 Å². The smallest absolute Gasteiger partial charge is 0.152 e. The van der Waals surface area contributed by atoms with Crippen LogP contribution in [0, 0.1) is 5.41 Å². The minimum Gasteiger partial charge on any atom is -0.390 e. The van der Waals surface area contributed by atoms with Gasteiger partial charge in [-0.25, -0.2) is 15.0 Å². The molecule has 144 valence electrons. The summed E-state index contributed by atoms with van der Waals surface area (Å²) in [5.41, 5.74) is 8.43. The van der Waals surface area contributed by atoms with Crippen molar-refractivity contribution in [2.75, 3.05) is 18.0 Å². The first-order valence-corrected chi connectivity index (χ1v) is 10.1. The second-order valence-electron chi connectivity index (χ2n) is 7.50. The van der Waals surface area contributed by atoms with Gasteiger partial charge in [0, 0.05) is 30.9 Å². The molecule has 0 amide bonds. The van der Waals surface area contributed by atoms with E-state index in [9.17, 15) is 5.11 Å². The van der Waals surface area contributed by atoms with Crippen LogP contribution in [0.3, 0.4) is 0 Å². The van der Waals surface area contributed by atoms with Crippen LogP contribution in [0.4, 0.5) is 5.82 Å². The zero-order valence-corrected chi connectivity index (χ0v) is 16.5. The predicted molar refractivity (Wildman–Crippen MR) is 107 cm³/mol. The van der Waals surface area contributed by atoms with Crippen LogP contribution >= 0.6 is 23.2 Å². The maximum Gasteiger partial charge on any atom is 0.152 e. The van der Waals surface area contributed by atoms with Crippen LogP contribution in [0.15, 0.2) is 18.5 Å². The van der Waals surface area contributed by atoms with Gasteiger partial charge in [0.15, 0.2) is 5.82 Å². The fraction of sp³-hybridized carbons (Fsp3) is 0.526. The van der Waals surface area contributed by atoms with Gasteiger partial charge >= 0.3 is 0 Å². The third-order valence-corrected chi connectivity index (χ3v) is 6.90. The van der Waals surface area contributed by atoms with E-state index in [1.54, 1.807) is 18.5 Å². The van der Waals surface area contributed by atoms with Crippen LogP contribution in [-0.4, -0.2) is 39.2 Å². The maximum atomic E-state index is 9.87. The summed E-state index contributed by atoms with van der Waals surface area (Å²) >= 11 is 12.3. The number of nitrogens with two attached hydrogens (primary N) is 1. The first kappa shape index (κ1) is 18.9. The number of halogens is 2. The van der Waals surface area contributed by atoms with Crippen LogP contribution in [-0.2, 0) is 6.61 Å². The Morgan fingerprint density at radius 2 is 2.00 bits per heavy atom. The van der Waals surface area contributed by atoms with Crippen molar-refractivity contribution in [3.05, 3.63) is 34.3 Å². The lowest BCUT2D eigenvalue weighted by Crippen LogP contribution is -2.47. The Morgan fingerprint density at radius 1 is 1.22 bits per heavy atom. The van der Waals surface area contributed by atoms with Gasteiger partial charge in [0.1, 0.15) is 10.8 Å². The molecule has 6 nitrogen and oxygen atoms in total. The van der Waals surface area contributed by atoms with Crippen molar-refractivity contribution < 1.29 is 5.11 Å². The first-order chi connectivity index (χ1) is 13.0. The van der Waals surface area contributed by atoms with E-state index in [-0.39, 0.29) is 17.2 Å². The molecule has 3 N–H and O–H groups in total. The van der Waals surface area contributed by atoms with Crippen LogP contribution in [0.5, 0.6) is 0 Å². The molecule has 2 aliphatic rings. The average Bonchev–Trinajstić information content (AvgIpc) is 3.04. The maximum absolute atomic E-state index is 9.87. The molecule has 1 aliphatic heterocycles. The van der Waals surface area contributed by atoms with Crippen molar-refractivity contribution in [1.29, 1.82) is 0 Å². The van der Waals surface area contributed by atoms with E-state index in [1.165, 1.54) is 12.8 Å². The van der Waals surface area contributed by atoms with Crippen molar-refractivity contribution in [3.63, 3.8) is 0 Å². The molecule has 2 fully saturated rings. The van der Waals surface area contributed by atoms with Crippen molar-refractivity contribution in [1.82, 2.24) is 15.0 Å². The summed E-state index contributed by atoms with van der Waals surface area (Å²) < 4.78 is 0. The third kappa shape index (κ3) is 3.40. The SMILES string of the molecule is N[C@@H]1CCCC12CCN(c1ncc(-c3ccnc(Cl)c3Cl)nc1CO)CC2. The molecule has 0 radical (unpaired) electrons. The number of hydrogen-bond donors (Lipinski definition) is 2. The van der Waals surface area contributed by atoms with Gasteiger partial charge in [-0.2, -0.15) is 0 Å². The number of hydrogen-bond acceptors (Lipinski definition) is 6. The molecular formula is C19H23Cl2N5O. The van der Waals surface area contributed by atoms with E-state index in [0.29, 0.717) is 28.0 Å². The normalized spacial score (nSPS) is 21.8. The number of aliphatic hydroxyl groups excluding tert-OH is 1. The van der Waals surface area contributed by atoms with Crippen LogP contribution in [0.2, 0.25) is 10.2 Å². The molecule has 1 spiro atoms. The number of nitrogens with zero attached hydrogens (tertiary/aromatic N) is 4. The molecule has 4 rings (SSSR count). The fourth-order valence-corrected chi connectivity index (χ4v) is 4.85. The van der Waals surface area contributed by atoms with Crippen molar-refractivity contribution >= 4 is 29.0 Å². The quantitative estimate of drug-likeness (QED) is 0.757. The standard InChI is InChI=1S/C19H23Cl2N5O/c20-16-12(3-7-23-17(16)21)13-10-24-18(14(11-27)25-13)26-8-5-19(6-9-26)4-1-2-15(19)22/h3,7,10,15,27H,1-2,4-6,8-9,11,22H2/t15-/m1/s1. The minimum atomic E-state index is -0.187. The molecule has 1 saturated carbocycles. The summed E-state index contributed by atoms with van der Waals surface area (Å²) in [7, 11) is 0. The second kappa shape index (κ2) is 7.51. The molecule has 8 heteroatoms. The Hall–Kier alpha value is -1.47. The molecule has 27 heavy (non-hydrogen) atoms. The fourth-order valence-electron chi connectivity index (χ4n) is 4.49. The summed E-state index contributed by atoms with van der Waals surface area (Å²) in [5, 5.41) is 10.4. The van der Waals surface area contributed by atoms with Gasteiger partial charge in [-0.3, -0.25) is 0 Å². The first-order valence-electron chi connectivity index (χ1n) is 9.32. The highest BCUT2D eigenvalue weighted by molar-refractivity contribution is 6.42. The molecule has 3 heterocycles. The molecule has 0 unspecified atom stereocenters. The summed E-state index contributed by atoms with van der Waals surface area (Å²) in [6, 6.07) is 2.05. The van der Waals surface area contributed by atoms with Crippen molar-refractivity contribution in [2.45, 2.75) is 44.8 Å². The highest BCUT2D eigenvalue weighted by atomic mass is 35.5. The predicted octanol–water partition coefficient (Wildman–Crippen LogP) is 3.44. The Labute approximate surface area is 168 Å². The highest BCUT2D eigenvalue weighted by Crippen LogP contribution is 2.46. The lowest BCUT2D eigenvalue weighted by atomic mass is 9.74. The van der Waals surface area contributed by atoms with Crippen LogP contribution in [0.1, 0.15) is 37.8 Å². The summed E-state index contributed by atoms with van der Waals surface area (Å²) in [4.78, 5) is 15.4. The molecular weight excluding hydrogens is 385 g/mol. The molecule has 1 aliphatic carbocycles. The number of piperidine rings is 1. The van der Waals surface area contributed by atoms with Crippen LogP contribution < -0.4 is 10.6 Å². The Balaban J connectivity index is 1.58. The Bertz CT molecular complexity index is 839. The summed E-state index contributed by atoms with van der Waals surface area (Å²) in [5.74, 6) is 0.735. The molecule has 0 bridgehead atoms. The van der Waals surface area contributed by atoms with E-state index in [2.05, 4.69) is 19.9 Å². The van der Waals surface area contributed by atoms with Gasteiger partial charge in [-0.05, 0) is 37.2 Å². The van der Waals surface area contributed by atoms with E-state index < -0.39 is 0 Å². The minimum absolute atomic E-state index is 0.187. The van der Waals surface area contributed by atoms with Gasteiger partial charge < -0.3 is 15.7 Å². The lowest BCUT2D eigenvalue weighted by molar-refractivity contribution is 0.196. The van der Waals surface area contributed by atoms with E-state index in [1.807, 2.05) is 0 Å². The molecule has 1 saturated heterocycles. The lowest BCUT2D eigenvalue weighted by Gasteiger charge is -2.42. The monoisotopic (exact) mass is 407 g/mol. The molecule has 2 aromatic heterocycles. The number of pyridine rings is 1. The van der Waals surface area contributed by atoms with E-state index in [4.69, 9.17) is 28.9 Å². The molecule has 1 atom stereocenters. The van der Waals surface area contributed by atoms with Gasteiger partial charge in [-0.15, -0.1) is 0 Å².